The Morgan fingerprint density at radius 3 is 2.45 bits per heavy atom. The van der Waals surface area contributed by atoms with Crippen molar-refractivity contribution in [1.29, 1.82) is 0 Å². The van der Waals surface area contributed by atoms with Gasteiger partial charge in [-0.3, -0.25) is 14.2 Å². The van der Waals surface area contributed by atoms with Gasteiger partial charge in [0.15, 0.2) is 5.65 Å². The first-order valence-electron chi connectivity index (χ1n) is 9.86. The minimum absolute atomic E-state index is 0.164. The van der Waals surface area contributed by atoms with E-state index in [0.29, 0.717) is 44.1 Å². The first-order chi connectivity index (χ1) is 15.0. The minimum atomic E-state index is -0.392. The molecule has 0 saturated carbocycles. The fourth-order valence-corrected chi connectivity index (χ4v) is 3.43. The van der Waals surface area contributed by atoms with Gasteiger partial charge in [-0.05, 0) is 31.2 Å². The predicted molar refractivity (Wildman–Crippen MR) is 108 cm³/mol. The van der Waals surface area contributed by atoms with Crippen LogP contribution in [0.25, 0.3) is 16.7 Å². The van der Waals surface area contributed by atoms with Crippen LogP contribution < -0.4 is 5.56 Å². The van der Waals surface area contributed by atoms with E-state index in [4.69, 9.17) is 4.74 Å². The number of halogens is 1. The van der Waals surface area contributed by atoms with Crippen molar-refractivity contribution in [2.75, 3.05) is 32.8 Å². The highest BCUT2D eigenvalue weighted by molar-refractivity contribution is 5.78. The predicted octanol–water partition coefficient (Wildman–Crippen LogP) is 1.02. The van der Waals surface area contributed by atoms with Crippen LogP contribution in [0.4, 0.5) is 9.18 Å². The zero-order valence-corrected chi connectivity index (χ0v) is 16.9. The van der Waals surface area contributed by atoms with Crippen LogP contribution in [0.1, 0.15) is 6.92 Å². The molecule has 3 heterocycles. The summed E-state index contributed by atoms with van der Waals surface area (Å²) in [6, 6.07) is 5.66. The fourth-order valence-electron chi connectivity index (χ4n) is 3.43. The van der Waals surface area contributed by atoms with Gasteiger partial charge in [-0.25, -0.2) is 18.9 Å². The summed E-state index contributed by atoms with van der Waals surface area (Å²) in [6.45, 7) is 3.36. The van der Waals surface area contributed by atoms with Crippen LogP contribution in [0.5, 0.6) is 0 Å². The Morgan fingerprint density at radius 2 is 1.77 bits per heavy atom. The Labute approximate surface area is 176 Å². The third-order valence-electron chi connectivity index (χ3n) is 5.09. The lowest BCUT2D eigenvalue weighted by molar-refractivity contribution is -0.133. The third kappa shape index (κ3) is 4.11. The molecule has 0 spiro atoms. The first-order valence-corrected chi connectivity index (χ1v) is 9.86. The molecule has 1 aliphatic rings. The molecule has 2 amide bonds. The van der Waals surface area contributed by atoms with Gasteiger partial charge in [-0.1, -0.05) is 0 Å². The van der Waals surface area contributed by atoms with Crippen molar-refractivity contribution in [3.05, 3.63) is 53.0 Å². The second-order valence-corrected chi connectivity index (χ2v) is 7.01. The van der Waals surface area contributed by atoms with Crippen LogP contribution in [-0.2, 0) is 16.1 Å². The lowest BCUT2D eigenvalue weighted by Gasteiger charge is -2.34. The number of carbonyl (C=O) groups is 2. The Bertz CT molecular complexity index is 1160. The zero-order valence-electron chi connectivity index (χ0n) is 16.9. The molecule has 0 unspecified atom stereocenters. The smallest absolute Gasteiger partial charge is 0.409 e. The van der Waals surface area contributed by atoms with E-state index in [1.54, 1.807) is 16.7 Å². The Balaban J connectivity index is 1.47. The maximum Gasteiger partial charge on any atom is 0.409 e. The van der Waals surface area contributed by atoms with E-state index in [0.717, 1.165) is 0 Å². The molecule has 4 rings (SSSR count). The molecule has 2 aromatic heterocycles. The molecule has 11 heteroatoms. The number of ether oxygens (including phenoxy) is 1. The quantitative estimate of drug-likeness (QED) is 0.615. The number of aromatic nitrogens is 4. The summed E-state index contributed by atoms with van der Waals surface area (Å²) in [5.41, 5.74) is 0.497. The number of nitrogens with zero attached hydrogens (tertiary/aromatic N) is 6. The maximum atomic E-state index is 13.2. The number of amides is 2. The number of hydrogen-bond acceptors (Lipinski definition) is 6. The fraction of sp³-hybridized carbons (Fsp3) is 0.350. The van der Waals surface area contributed by atoms with Gasteiger partial charge in [0.2, 0.25) is 5.91 Å². The van der Waals surface area contributed by atoms with Crippen molar-refractivity contribution >= 4 is 23.0 Å². The Kier molecular flexibility index (Phi) is 5.65. The summed E-state index contributed by atoms with van der Waals surface area (Å²) in [5.74, 6) is -0.616. The average Bonchev–Trinajstić information content (AvgIpc) is 3.21. The molecule has 0 bridgehead atoms. The molecule has 1 fully saturated rings. The van der Waals surface area contributed by atoms with Crippen molar-refractivity contribution in [3.8, 4) is 5.69 Å². The number of fused-ring (bicyclic) bond motifs is 1. The van der Waals surface area contributed by atoms with Crippen LogP contribution in [-0.4, -0.2) is 73.9 Å². The second kappa shape index (κ2) is 8.54. The van der Waals surface area contributed by atoms with Crippen LogP contribution >= 0.6 is 0 Å². The van der Waals surface area contributed by atoms with Gasteiger partial charge in [0.25, 0.3) is 5.56 Å². The van der Waals surface area contributed by atoms with Gasteiger partial charge in [0.1, 0.15) is 24.1 Å². The highest BCUT2D eigenvalue weighted by Crippen LogP contribution is 2.14. The number of carbonyl (C=O) groups excluding carboxylic acids is 2. The summed E-state index contributed by atoms with van der Waals surface area (Å²) in [4.78, 5) is 44.7. The van der Waals surface area contributed by atoms with Crippen molar-refractivity contribution in [2.24, 2.45) is 0 Å². The molecule has 1 aliphatic heterocycles. The Morgan fingerprint density at radius 1 is 1.10 bits per heavy atom. The molecule has 31 heavy (non-hydrogen) atoms. The van der Waals surface area contributed by atoms with E-state index in [1.807, 2.05) is 0 Å². The summed E-state index contributed by atoms with van der Waals surface area (Å²) >= 11 is 0. The lowest BCUT2D eigenvalue weighted by atomic mass is 10.3. The molecule has 0 atom stereocenters. The standard InChI is InChI=1S/C20H21FN6O4/c1-2-31-20(30)25-9-7-24(8-10-25)17(28)12-26-13-22-18-16(19(26)29)11-23-27(18)15-5-3-14(21)4-6-15/h3-6,11,13H,2,7-10,12H2,1H3. The van der Waals surface area contributed by atoms with Crippen molar-refractivity contribution in [1.82, 2.24) is 29.1 Å². The normalized spacial score (nSPS) is 14.1. The van der Waals surface area contributed by atoms with Crippen molar-refractivity contribution in [3.63, 3.8) is 0 Å². The molecule has 0 radical (unpaired) electrons. The molecular weight excluding hydrogens is 407 g/mol. The van der Waals surface area contributed by atoms with Gasteiger partial charge in [0.05, 0.1) is 18.5 Å². The molecule has 162 valence electrons. The summed E-state index contributed by atoms with van der Waals surface area (Å²) in [5, 5.41) is 4.44. The minimum Gasteiger partial charge on any atom is -0.450 e. The van der Waals surface area contributed by atoms with Crippen LogP contribution in [0.3, 0.4) is 0 Å². The highest BCUT2D eigenvalue weighted by atomic mass is 19.1. The summed E-state index contributed by atoms with van der Waals surface area (Å²) in [7, 11) is 0. The third-order valence-corrected chi connectivity index (χ3v) is 5.09. The number of benzene rings is 1. The molecule has 1 aromatic carbocycles. The van der Waals surface area contributed by atoms with Crippen molar-refractivity contribution in [2.45, 2.75) is 13.5 Å². The van der Waals surface area contributed by atoms with E-state index in [-0.39, 0.29) is 23.7 Å². The average molecular weight is 428 g/mol. The van der Waals surface area contributed by atoms with Gasteiger partial charge in [-0.2, -0.15) is 5.10 Å². The topological polar surface area (TPSA) is 103 Å². The molecule has 10 nitrogen and oxygen atoms in total. The van der Waals surface area contributed by atoms with E-state index in [9.17, 15) is 18.8 Å². The molecule has 3 aromatic rings. The number of rotatable bonds is 4. The van der Waals surface area contributed by atoms with Gasteiger partial charge in [-0.15, -0.1) is 0 Å². The summed E-state index contributed by atoms with van der Waals surface area (Å²) in [6.07, 6.45) is 2.30. The van der Waals surface area contributed by atoms with Gasteiger partial charge < -0.3 is 14.5 Å². The molecule has 0 aliphatic carbocycles. The van der Waals surface area contributed by atoms with Crippen molar-refractivity contribution < 1.29 is 18.7 Å². The largest absolute Gasteiger partial charge is 0.450 e. The van der Waals surface area contributed by atoms with E-state index < -0.39 is 11.7 Å². The lowest BCUT2D eigenvalue weighted by Crippen LogP contribution is -2.51. The van der Waals surface area contributed by atoms with E-state index in [1.165, 1.54) is 46.0 Å². The maximum absolute atomic E-state index is 13.2. The molecule has 1 saturated heterocycles. The van der Waals surface area contributed by atoms with E-state index in [2.05, 4.69) is 10.1 Å². The molecular formula is C20H21FN6O4. The van der Waals surface area contributed by atoms with Crippen LogP contribution in [0.2, 0.25) is 0 Å². The zero-order chi connectivity index (χ0) is 22.0. The van der Waals surface area contributed by atoms with E-state index >= 15 is 0 Å². The highest BCUT2D eigenvalue weighted by Gasteiger charge is 2.25. The van der Waals surface area contributed by atoms with Gasteiger partial charge in [0, 0.05) is 26.2 Å². The molecule has 0 N–H and O–H groups in total. The van der Waals surface area contributed by atoms with Crippen LogP contribution in [0.15, 0.2) is 41.6 Å². The monoisotopic (exact) mass is 428 g/mol. The summed E-state index contributed by atoms with van der Waals surface area (Å²) < 4.78 is 20.8. The number of piperazine rings is 1. The van der Waals surface area contributed by atoms with Crippen LogP contribution in [0, 0.1) is 5.82 Å². The van der Waals surface area contributed by atoms with Gasteiger partial charge >= 0.3 is 6.09 Å². The second-order valence-electron chi connectivity index (χ2n) is 7.01. The first kappa shape index (κ1) is 20.5. The SMILES string of the molecule is CCOC(=O)N1CCN(C(=O)Cn2cnc3c(cnn3-c3ccc(F)cc3)c2=O)CC1. The number of hydrogen-bond donors (Lipinski definition) is 0. The Hall–Kier alpha value is -3.76.